The molecule has 6 heteroatoms. The summed E-state index contributed by atoms with van der Waals surface area (Å²) in [6.45, 7) is 11.2. The number of thioether (sulfide) groups is 1. The van der Waals surface area contributed by atoms with Gasteiger partial charge in [0.05, 0.1) is 6.54 Å². The lowest BCUT2D eigenvalue weighted by Crippen LogP contribution is -2.39. The van der Waals surface area contributed by atoms with Crippen LogP contribution in [0.25, 0.3) is 0 Å². The van der Waals surface area contributed by atoms with Gasteiger partial charge in [0.2, 0.25) is 0 Å². The lowest BCUT2D eigenvalue weighted by molar-refractivity contribution is 0.710. The molecule has 0 aromatic carbocycles. The Morgan fingerprint density at radius 3 is 2.68 bits per heavy atom. The summed E-state index contributed by atoms with van der Waals surface area (Å²) in [6, 6.07) is 2.08. The second-order valence-corrected chi connectivity index (χ2v) is 7.15. The minimum atomic E-state index is 0. The summed E-state index contributed by atoms with van der Waals surface area (Å²) < 4.78 is 0.171. The summed E-state index contributed by atoms with van der Waals surface area (Å²) in [4.78, 5) is 8.80. The largest absolute Gasteiger partial charge is 0.357 e. The minimum Gasteiger partial charge on any atom is -0.357 e. The van der Waals surface area contributed by atoms with E-state index in [2.05, 4.69) is 60.6 Å². The molecule has 0 aliphatic carbocycles. The molecule has 0 radical (unpaired) electrons. The number of halogens is 1. The van der Waals surface area contributed by atoms with Gasteiger partial charge < -0.3 is 10.6 Å². The van der Waals surface area contributed by atoms with E-state index in [0.29, 0.717) is 0 Å². The molecule has 0 aliphatic rings. The van der Waals surface area contributed by atoms with Crippen molar-refractivity contribution in [2.24, 2.45) is 4.99 Å². The molecule has 22 heavy (non-hydrogen) atoms. The molecule has 0 atom stereocenters. The Morgan fingerprint density at radius 1 is 1.36 bits per heavy atom. The van der Waals surface area contributed by atoms with Gasteiger partial charge in [-0.1, -0.05) is 0 Å². The van der Waals surface area contributed by atoms with Gasteiger partial charge in [-0.25, -0.2) is 0 Å². The van der Waals surface area contributed by atoms with Crippen molar-refractivity contribution in [3.8, 4) is 0 Å². The predicted molar refractivity (Wildman–Crippen MR) is 110 cm³/mol. The molecule has 1 rings (SSSR count). The SMILES string of the molecule is CCNC(=NCC(C)(C)SC)NCCc1ccncc1C.I. The van der Waals surface area contributed by atoms with Crippen molar-refractivity contribution >= 4 is 41.7 Å². The van der Waals surface area contributed by atoms with Crippen LogP contribution in [0.5, 0.6) is 0 Å². The van der Waals surface area contributed by atoms with Crippen LogP contribution in [0, 0.1) is 6.92 Å². The van der Waals surface area contributed by atoms with Crippen LogP contribution in [-0.2, 0) is 6.42 Å². The van der Waals surface area contributed by atoms with Crippen molar-refractivity contribution in [2.75, 3.05) is 25.9 Å². The van der Waals surface area contributed by atoms with Crippen molar-refractivity contribution in [3.63, 3.8) is 0 Å². The van der Waals surface area contributed by atoms with Gasteiger partial charge >= 0.3 is 0 Å². The Balaban J connectivity index is 0.00000441. The lowest BCUT2D eigenvalue weighted by Gasteiger charge is -2.20. The molecule has 0 fully saturated rings. The number of nitrogens with one attached hydrogen (secondary N) is 2. The zero-order valence-electron chi connectivity index (χ0n) is 14.3. The highest BCUT2D eigenvalue weighted by molar-refractivity contribution is 14.0. The van der Waals surface area contributed by atoms with E-state index in [1.165, 1.54) is 11.1 Å². The van der Waals surface area contributed by atoms with Gasteiger partial charge in [0.25, 0.3) is 0 Å². The topological polar surface area (TPSA) is 49.3 Å². The smallest absolute Gasteiger partial charge is 0.191 e. The van der Waals surface area contributed by atoms with Gasteiger partial charge in [-0.15, -0.1) is 24.0 Å². The molecule has 1 heterocycles. The number of aromatic nitrogens is 1. The van der Waals surface area contributed by atoms with Crippen LogP contribution in [0.4, 0.5) is 0 Å². The van der Waals surface area contributed by atoms with Gasteiger partial charge in [0.15, 0.2) is 5.96 Å². The maximum atomic E-state index is 4.67. The number of guanidine groups is 1. The van der Waals surface area contributed by atoms with Gasteiger partial charge in [0.1, 0.15) is 0 Å². The Labute approximate surface area is 156 Å². The van der Waals surface area contributed by atoms with Gasteiger partial charge in [-0.2, -0.15) is 11.8 Å². The summed E-state index contributed by atoms with van der Waals surface area (Å²) in [7, 11) is 0. The van der Waals surface area contributed by atoms with E-state index in [9.17, 15) is 0 Å². The average Bonchev–Trinajstić information content (AvgIpc) is 2.47. The molecule has 0 saturated heterocycles. The van der Waals surface area contributed by atoms with E-state index in [0.717, 1.165) is 32.0 Å². The van der Waals surface area contributed by atoms with Gasteiger partial charge in [0, 0.05) is 30.2 Å². The van der Waals surface area contributed by atoms with Crippen LogP contribution in [0.15, 0.2) is 23.5 Å². The zero-order valence-corrected chi connectivity index (χ0v) is 17.4. The number of rotatable bonds is 7. The molecule has 4 nitrogen and oxygen atoms in total. The van der Waals surface area contributed by atoms with E-state index in [1.807, 2.05) is 24.2 Å². The van der Waals surface area contributed by atoms with Crippen LogP contribution in [0.1, 0.15) is 31.9 Å². The molecule has 0 aliphatic heterocycles. The first-order valence-electron chi connectivity index (χ1n) is 7.45. The highest BCUT2D eigenvalue weighted by atomic mass is 127. The number of hydrogen-bond acceptors (Lipinski definition) is 3. The fourth-order valence-corrected chi connectivity index (χ4v) is 1.97. The van der Waals surface area contributed by atoms with E-state index < -0.39 is 0 Å². The van der Waals surface area contributed by atoms with E-state index >= 15 is 0 Å². The standard InChI is InChI=1S/C16H28N4S.HI/c1-6-18-15(20-12-16(3,4)21-5)19-10-8-14-7-9-17-11-13(14)2;/h7,9,11H,6,8,10,12H2,1-5H3,(H2,18,19,20);1H. The van der Waals surface area contributed by atoms with Crippen molar-refractivity contribution in [2.45, 2.75) is 38.9 Å². The molecule has 0 amide bonds. The summed E-state index contributed by atoms with van der Waals surface area (Å²) >= 11 is 1.84. The van der Waals surface area contributed by atoms with E-state index in [-0.39, 0.29) is 28.7 Å². The molecular formula is C16H29IN4S. The molecule has 0 spiro atoms. The Bertz CT molecular complexity index is 463. The number of hydrogen-bond donors (Lipinski definition) is 2. The molecule has 1 aromatic heterocycles. The normalized spacial score (nSPS) is 11.8. The summed E-state index contributed by atoms with van der Waals surface area (Å²) in [5.74, 6) is 0.895. The van der Waals surface area contributed by atoms with Crippen LogP contribution < -0.4 is 10.6 Å². The first kappa shape index (κ1) is 21.5. The van der Waals surface area contributed by atoms with Crippen molar-refractivity contribution in [1.82, 2.24) is 15.6 Å². The number of pyridine rings is 1. The fourth-order valence-electron chi connectivity index (χ4n) is 1.77. The monoisotopic (exact) mass is 436 g/mol. The third kappa shape index (κ3) is 8.22. The Hall–Kier alpha value is -0.500. The second-order valence-electron chi connectivity index (χ2n) is 5.64. The van der Waals surface area contributed by atoms with Gasteiger partial charge in [-0.3, -0.25) is 9.98 Å². The third-order valence-electron chi connectivity index (χ3n) is 3.34. The fraction of sp³-hybridized carbons (Fsp3) is 0.625. The van der Waals surface area contributed by atoms with Crippen LogP contribution in [0.3, 0.4) is 0 Å². The van der Waals surface area contributed by atoms with Crippen molar-refractivity contribution < 1.29 is 0 Å². The van der Waals surface area contributed by atoms with Gasteiger partial charge in [-0.05, 0) is 57.6 Å². The molecule has 0 bridgehead atoms. The predicted octanol–water partition coefficient (Wildman–Crippen LogP) is 3.25. The molecule has 0 saturated carbocycles. The lowest BCUT2D eigenvalue weighted by atomic mass is 10.1. The Kier molecular flexibility index (Phi) is 10.8. The van der Waals surface area contributed by atoms with Crippen LogP contribution in [0.2, 0.25) is 0 Å². The molecular weight excluding hydrogens is 407 g/mol. The quantitative estimate of drug-likeness (QED) is 0.392. The Morgan fingerprint density at radius 2 is 2.09 bits per heavy atom. The minimum absolute atomic E-state index is 0. The van der Waals surface area contributed by atoms with Crippen molar-refractivity contribution in [3.05, 3.63) is 29.6 Å². The summed E-state index contributed by atoms with van der Waals surface area (Å²) in [5.41, 5.74) is 2.57. The van der Waals surface area contributed by atoms with Crippen LogP contribution in [-0.4, -0.2) is 41.6 Å². The first-order valence-corrected chi connectivity index (χ1v) is 8.68. The molecule has 0 unspecified atom stereocenters. The zero-order chi connectivity index (χ0) is 15.7. The molecule has 1 aromatic rings. The number of nitrogens with zero attached hydrogens (tertiary/aromatic N) is 2. The highest BCUT2D eigenvalue weighted by Crippen LogP contribution is 2.20. The maximum Gasteiger partial charge on any atom is 0.191 e. The highest BCUT2D eigenvalue weighted by Gasteiger charge is 2.15. The van der Waals surface area contributed by atoms with Crippen molar-refractivity contribution in [1.29, 1.82) is 0 Å². The van der Waals surface area contributed by atoms with Crippen LogP contribution >= 0.6 is 35.7 Å². The first-order chi connectivity index (χ1) is 9.98. The second kappa shape index (κ2) is 11.1. The van der Waals surface area contributed by atoms with E-state index in [1.54, 1.807) is 0 Å². The average molecular weight is 436 g/mol. The maximum absolute atomic E-state index is 4.67. The third-order valence-corrected chi connectivity index (χ3v) is 4.57. The number of aliphatic imine (C=N–C) groups is 1. The summed E-state index contributed by atoms with van der Waals surface area (Å²) in [5, 5.41) is 6.70. The molecule has 2 N–H and O–H groups in total. The summed E-state index contributed by atoms with van der Waals surface area (Å²) in [6.07, 6.45) is 6.87. The number of aryl methyl sites for hydroxylation is 1. The van der Waals surface area contributed by atoms with E-state index in [4.69, 9.17) is 0 Å². The molecule has 126 valence electrons.